The minimum Gasteiger partial charge on any atom is -0.358 e. The number of aromatic amines is 1. The summed E-state index contributed by atoms with van der Waals surface area (Å²) < 4.78 is 15.3. The molecule has 1 atom stereocenters. The van der Waals surface area contributed by atoms with E-state index in [2.05, 4.69) is 30.2 Å². The molecule has 3 heterocycles. The Labute approximate surface area is 179 Å². The van der Waals surface area contributed by atoms with Crippen molar-refractivity contribution >= 4 is 39.5 Å². The van der Waals surface area contributed by atoms with Crippen LogP contribution in [0.5, 0.6) is 0 Å². The highest BCUT2D eigenvalue weighted by molar-refractivity contribution is 6.30. The lowest BCUT2D eigenvalue weighted by Crippen LogP contribution is -2.27. The van der Waals surface area contributed by atoms with Crippen LogP contribution in [0.25, 0.3) is 27.8 Å². The maximum absolute atomic E-state index is 13.8. The van der Waals surface area contributed by atoms with Gasteiger partial charge in [0.05, 0.1) is 29.0 Å². The molecule has 0 saturated heterocycles. The molecular weight excluding hydrogens is 421 g/mol. The van der Waals surface area contributed by atoms with E-state index >= 15 is 0 Å². The standard InChI is InChI=1S/C21H15ClFN7O/c1-11(28-19-17-18(25-9-24-17)26-10-27-19)20-29-16-7-4-13(23)8-15(16)21(31)30(20)14-5-2-12(22)3-6-14/h2-11H,1H3,(H2,24,25,26,27,28)/t11-/m0/s1. The number of rotatable bonds is 4. The first-order valence-corrected chi connectivity index (χ1v) is 9.78. The molecule has 0 bridgehead atoms. The van der Waals surface area contributed by atoms with E-state index in [0.29, 0.717) is 39.0 Å². The van der Waals surface area contributed by atoms with E-state index in [4.69, 9.17) is 11.6 Å². The predicted molar refractivity (Wildman–Crippen MR) is 116 cm³/mol. The van der Waals surface area contributed by atoms with Gasteiger partial charge in [0.25, 0.3) is 5.56 Å². The molecule has 154 valence electrons. The highest BCUT2D eigenvalue weighted by atomic mass is 35.5. The number of aromatic nitrogens is 6. The summed E-state index contributed by atoms with van der Waals surface area (Å²) in [5.41, 5.74) is 1.72. The van der Waals surface area contributed by atoms with Crippen LogP contribution in [0.15, 0.2) is 59.9 Å². The summed E-state index contributed by atoms with van der Waals surface area (Å²) in [5, 5.41) is 3.97. The van der Waals surface area contributed by atoms with Gasteiger partial charge in [-0.2, -0.15) is 0 Å². The molecule has 0 spiro atoms. The summed E-state index contributed by atoms with van der Waals surface area (Å²) in [6.45, 7) is 1.85. The van der Waals surface area contributed by atoms with Crippen molar-refractivity contribution in [2.45, 2.75) is 13.0 Å². The molecular formula is C21H15ClFN7O. The van der Waals surface area contributed by atoms with Crippen LogP contribution in [-0.4, -0.2) is 29.5 Å². The van der Waals surface area contributed by atoms with Gasteiger partial charge >= 0.3 is 0 Å². The predicted octanol–water partition coefficient (Wildman–Crippen LogP) is 4.02. The third-order valence-electron chi connectivity index (χ3n) is 4.90. The zero-order chi connectivity index (χ0) is 21.5. The number of nitrogens with zero attached hydrogens (tertiary/aromatic N) is 5. The van der Waals surface area contributed by atoms with Crippen LogP contribution in [0.1, 0.15) is 18.8 Å². The molecule has 5 aromatic rings. The second-order valence-corrected chi connectivity index (χ2v) is 7.37. The largest absolute Gasteiger partial charge is 0.358 e. The van der Waals surface area contributed by atoms with Gasteiger partial charge < -0.3 is 10.3 Å². The van der Waals surface area contributed by atoms with Crippen LogP contribution >= 0.6 is 11.6 Å². The summed E-state index contributed by atoms with van der Waals surface area (Å²) in [7, 11) is 0. The van der Waals surface area contributed by atoms with Crippen molar-refractivity contribution < 1.29 is 4.39 Å². The molecule has 0 radical (unpaired) electrons. The van der Waals surface area contributed by atoms with Crippen molar-refractivity contribution in [3.05, 3.63) is 82.1 Å². The Bertz CT molecular complexity index is 1480. The van der Waals surface area contributed by atoms with Gasteiger partial charge in [0, 0.05) is 5.02 Å². The van der Waals surface area contributed by atoms with Gasteiger partial charge in [0.15, 0.2) is 11.5 Å². The smallest absolute Gasteiger partial charge is 0.266 e. The van der Waals surface area contributed by atoms with Gasteiger partial charge in [-0.15, -0.1) is 0 Å². The van der Waals surface area contributed by atoms with Crippen LogP contribution in [0.4, 0.5) is 10.2 Å². The van der Waals surface area contributed by atoms with Crippen molar-refractivity contribution in [1.82, 2.24) is 29.5 Å². The number of fused-ring (bicyclic) bond motifs is 2. The Morgan fingerprint density at radius 3 is 2.74 bits per heavy atom. The molecule has 0 aliphatic carbocycles. The van der Waals surface area contributed by atoms with Crippen LogP contribution in [0, 0.1) is 5.82 Å². The van der Waals surface area contributed by atoms with E-state index < -0.39 is 11.9 Å². The molecule has 0 saturated carbocycles. The van der Waals surface area contributed by atoms with E-state index in [-0.39, 0.29) is 10.9 Å². The lowest BCUT2D eigenvalue weighted by atomic mass is 10.2. The number of nitrogens with one attached hydrogen (secondary N) is 2. The quantitative estimate of drug-likeness (QED) is 0.442. The number of hydrogen-bond donors (Lipinski definition) is 2. The second-order valence-electron chi connectivity index (χ2n) is 6.94. The molecule has 3 aromatic heterocycles. The Kier molecular flexibility index (Phi) is 4.59. The van der Waals surface area contributed by atoms with E-state index in [1.807, 2.05) is 6.92 Å². The molecule has 0 fully saturated rings. The van der Waals surface area contributed by atoms with Gasteiger partial charge in [0.1, 0.15) is 23.5 Å². The summed E-state index contributed by atoms with van der Waals surface area (Å²) in [6, 6.07) is 10.3. The average Bonchev–Trinajstić information content (AvgIpc) is 3.25. The molecule has 5 rings (SSSR count). The molecule has 2 N–H and O–H groups in total. The normalized spacial score (nSPS) is 12.4. The van der Waals surface area contributed by atoms with Crippen molar-refractivity contribution in [3.8, 4) is 5.69 Å². The van der Waals surface area contributed by atoms with Crippen molar-refractivity contribution in [2.75, 3.05) is 5.32 Å². The Morgan fingerprint density at radius 1 is 1.13 bits per heavy atom. The topological polar surface area (TPSA) is 101 Å². The fourth-order valence-corrected chi connectivity index (χ4v) is 3.57. The average molecular weight is 436 g/mol. The zero-order valence-electron chi connectivity index (χ0n) is 16.2. The van der Waals surface area contributed by atoms with Gasteiger partial charge in [-0.05, 0) is 49.4 Å². The van der Waals surface area contributed by atoms with E-state index in [0.717, 1.165) is 0 Å². The van der Waals surface area contributed by atoms with E-state index in [9.17, 15) is 9.18 Å². The Balaban J connectivity index is 1.70. The van der Waals surface area contributed by atoms with Crippen molar-refractivity contribution in [1.29, 1.82) is 0 Å². The number of anilines is 1. The second kappa shape index (κ2) is 7.44. The molecule has 0 aliphatic rings. The highest BCUT2D eigenvalue weighted by Gasteiger charge is 2.20. The van der Waals surface area contributed by atoms with Crippen molar-refractivity contribution in [2.24, 2.45) is 0 Å². The zero-order valence-corrected chi connectivity index (χ0v) is 16.9. The summed E-state index contributed by atoms with van der Waals surface area (Å²) in [5.74, 6) is 0.415. The number of H-pyrrole nitrogens is 1. The third-order valence-corrected chi connectivity index (χ3v) is 5.15. The maximum Gasteiger partial charge on any atom is 0.266 e. The van der Waals surface area contributed by atoms with E-state index in [1.54, 1.807) is 24.3 Å². The summed E-state index contributed by atoms with van der Waals surface area (Å²) in [4.78, 5) is 33.6. The van der Waals surface area contributed by atoms with Gasteiger partial charge in [-0.3, -0.25) is 9.36 Å². The van der Waals surface area contributed by atoms with Gasteiger partial charge in [-0.25, -0.2) is 24.3 Å². The van der Waals surface area contributed by atoms with Gasteiger partial charge in [-0.1, -0.05) is 11.6 Å². The van der Waals surface area contributed by atoms with Crippen LogP contribution < -0.4 is 10.9 Å². The number of imidazole rings is 1. The summed E-state index contributed by atoms with van der Waals surface area (Å²) >= 11 is 6.02. The fraction of sp³-hybridized carbons (Fsp3) is 0.0952. The third kappa shape index (κ3) is 3.38. The first-order chi connectivity index (χ1) is 15.0. The Morgan fingerprint density at radius 2 is 1.94 bits per heavy atom. The van der Waals surface area contributed by atoms with E-state index in [1.165, 1.54) is 35.4 Å². The first kappa shape index (κ1) is 19.1. The fourth-order valence-electron chi connectivity index (χ4n) is 3.45. The molecule has 8 nitrogen and oxygen atoms in total. The number of hydrogen-bond acceptors (Lipinski definition) is 6. The minimum atomic E-state index is -0.505. The molecule has 10 heteroatoms. The molecule has 0 amide bonds. The molecule has 0 aliphatic heterocycles. The monoisotopic (exact) mass is 435 g/mol. The lowest BCUT2D eigenvalue weighted by molar-refractivity contribution is 0.629. The minimum absolute atomic E-state index is 0.183. The summed E-state index contributed by atoms with van der Waals surface area (Å²) in [6.07, 6.45) is 2.94. The molecule has 31 heavy (non-hydrogen) atoms. The maximum atomic E-state index is 13.8. The Hall–Kier alpha value is -3.85. The van der Waals surface area contributed by atoms with Crippen LogP contribution in [-0.2, 0) is 0 Å². The first-order valence-electron chi connectivity index (χ1n) is 9.40. The van der Waals surface area contributed by atoms with Gasteiger partial charge in [0.2, 0.25) is 0 Å². The highest BCUT2D eigenvalue weighted by Crippen LogP contribution is 2.24. The van der Waals surface area contributed by atoms with Crippen LogP contribution in [0.3, 0.4) is 0 Å². The number of benzene rings is 2. The molecule has 2 aromatic carbocycles. The lowest BCUT2D eigenvalue weighted by Gasteiger charge is -2.20. The molecule has 0 unspecified atom stereocenters. The van der Waals surface area contributed by atoms with Crippen LogP contribution in [0.2, 0.25) is 5.02 Å². The van der Waals surface area contributed by atoms with Crippen molar-refractivity contribution in [3.63, 3.8) is 0 Å². The SMILES string of the molecule is C[C@H](Nc1ncnc2[nH]cnc12)c1nc2ccc(F)cc2c(=O)n1-c1ccc(Cl)cc1. The number of halogens is 2.